The van der Waals surface area contributed by atoms with Crippen molar-refractivity contribution in [3.8, 4) is 0 Å². The molecule has 2 aromatic rings. The van der Waals surface area contributed by atoms with E-state index in [4.69, 9.17) is 25.3 Å². The first-order valence-electron chi connectivity index (χ1n) is 14.5. The maximum absolute atomic E-state index is 13.9. The number of rotatable bonds is 5. The minimum Gasteiger partial charge on any atom is -0.682 e. The van der Waals surface area contributed by atoms with Gasteiger partial charge in [0.15, 0.2) is 5.78 Å². The molecule has 0 aromatic carbocycles. The number of hydrogen-bond acceptors (Lipinski definition) is 4. The number of carbonyl (C=O) groups excluding carboxylic acids is 3. The molecule has 2 fully saturated rings. The number of Topliss-reactive ketones (excluding diaryl/α,β-unsaturated/α-hetero) is 1. The van der Waals surface area contributed by atoms with Gasteiger partial charge >= 0.3 is 29.0 Å². The van der Waals surface area contributed by atoms with E-state index >= 15 is 0 Å². The standard InChI is InChI=1S/C34H35N4O4.Mg/c1-8-18-15(4)22-11-23-16(5)19(9-2)31(37-23)29-30(34(41)42-7)33(40)28-17(6)24(38-32(28)29)12-26-20(10-3)21(14-39)27(36-26)13-25(18)35-22;/h8,11-14,16,19,23,30,32H,1,9-10H2,2-7H3,(H-,35,36,39,40);/q-3;+2/p-1/b22-11-,31-29-;/t16-,19-,23?,30+,32-;/m0./s1. The van der Waals surface area contributed by atoms with E-state index in [2.05, 4.69) is 26.5 Å². The Morgan fingerprint density at radius 1 is 1.07 bits per heavy atom. The topological polar surface area (TPSA) is 117 Å². The van der Waals surface area contributed by atoms with Crippen molar-refractivity contribution in [1.29, 1.82) is 0 Å². The van der Waals surface area contributed by atoms with Gasteiger partial charge in [0.25, 0.3) is 0 Å². The zero-order valence-corrected chi connectivity index (χ0v) is 26.9. The number of aromatic nitrogens is 2. The molecule has 0 amide bonds. The molecule has 3 aliphatic heterocycles. The van der Waals surface area contributed by atoms with Gasteiger partial charge < -0.3 is 25.3 Å². The van der Waals surface area contributed by atoms with Crippen LogP contribution in [0.4, 0.5) is 0 Å². The summed E-state index contributed by atoms with van der Waals surface area (Å²) in [5.41, 5.74) is 7.55. The Morgan fingerprint density at radius 2 is 1.81 bits per heavy atom. The van der Waals surface area contributed by atoms with E-state index in [-0.39, 0.29) is 46.7 Å². The van der Waals surface area contributed by atoms with E-state index in [0.29, 0.717) is 51.1 Å². The fourth-order valence-electron chi connectivity index (χ4n) is 7.17. The SMILES string of the molecule is C=Cc1c(C)/c2[n-]/c1=C/c1[n-]c(c(CC)c1C=O)/C=C1\[N-][C@H]3C(=C1C)C(=O)[C@H](C(=O)OC)/C3=C1/[N-]C(\C=2)[C@@H](C)[C@@H]1CC.[Mg+2]. The molecule has 9 heteroatoms. The van der Waals surface area contributed by atoms with Crippen LogP contribution in [-0.2, 0) is 20.7 Å². The Morgan fingerprint density at radius 3 is 2.44 bits per heavy atom. The number of ether oxygens (including phenoxy) is 1. The van der Waals surface area contributed by atoms with Crippen molar-refractivity contribution >= 4 is 65.4 Å². The zero-order valence-electron chi connectivity index (χ0n) is 25.5. The predicted molar refractivity (Wildman–Crippen MR) is 168 cm³/mol. The van der Waals surface area contributed by atoms with Crippen LogP contribution in [0.2, 0.25) is 0 Å². The second-order valence-corrected chi connectivity index (χ2v) is 11.4. The average Bonchev–Trinajstić information content (AvgIpc) is 3.72. The van der Waals surface area contributed by atoms with Crippen molar-refractivity contribution in [3.05, 3.63) is 89.7 Å². The van der Waals surface area contributed by atoms with Crippen LogP contribution in [0.5, 0.6) is 0 Å². The summed E-state index contributed by atoms with van der Waals surface area (Å²) < 4.78 is 5.14. The fraction of sp³-hybridized carbons (Fsp3) is 0.382. The number of esters is 1. The summed E-state index contributed by atoms with van der Waals surface area (Å²) in [4.78, 5) is 49.2. The summed E-state index contributed by atoms with van der Waals surface area (Å²) >= 11 is 0. The number of hydrogen-bond donors (Lipinski definition) is 0. The molecule has 2 aromatic heterocycles. The van der Waals surface area contributed by atoms with Gasteiger partial charge in [-0.2, -0.15) is 5.70 Å². The molecule has 6 rings (SSSR count). The fourth-order valence-corrected chi connectivity index (χ4v) is 7.17. The first kappa shape index (κ1) is 30.9. The van der Waals surface area contributed by atoms with Crippen molar-refractivity contribution in [1.82, 2.24) is 9.97 Å². The smallest absolute Gasteiger partial charge is 0.682 e. The molecule has 1 aliphatic carbocycles. The largest absolute Gasteiger partial charge is 2.00 e. The number of allylic oxidation sites excluding steroid dienone is 2. The summed E-state index contributed by atoms with van der Waals surface area (Å²) in [5.74, 6) is -1.81. The Balaban J connectivity index is 0.00000368. The molecular formula is C34H34MgN4O4-2. The summed E-state index contributed by atoms with van der Waals surface area (Å²) in [5, 5.41) is 11.7. The van der Waals surface area contributed by atoms with Gasteiger partial charge in [0.1, 0.15) is 12.2 Å². The molecule has 5 atom stereocenters. The first-order valence-corrected chi connectivity index (χ1v) is 14.5. The number of fused-ring (bicyclic) bond motifs is 7. The van der Waals surface area contributed by atoms with Gasteiger partial charge in [-0.3, -0.25) is 14.4 Å². The zero-order chi connectivity index (χ0) is 30.0. The second-order valence-electron chi connectivity index (χ2n) is 11.4. The molecule has 1 saturated heterocycles. The van der Waals surface area contributed by atoms with Crippen LogP contribution < -0.4 is 20.7 Å². The Labute approximate surface area is 267 Å². The normalized spacial score (nSPS) is 29.8. The number of aldehydes is 1. The molecule has 0 spiro atoms. The third kappa shape index (κ3) is 4.50. The van der Waals surface area contributed by atoms with E-state index in [9.17, 15) is 14.4 Å². The molecule has 1 unspecified atom stereocenters. The Bertz CT molecular complexity index is 1790. The van der Waals surface area contributed by atoms with Crippen molar-refractivity contribution < 1.29 is 19.1 Å². The van der Waals surface area contributed by atoms with Crippen molar-refractivity contribution in [3.63, 3.8) is 0 Å². The second kappa shape index (κ2) is 11.5. The molecule has 4 aliphatic rings. The predicted octanol–water partition coefficient (Wildman–Crippen LogP) is 3.63. The third-order valence-electron chi connectivity index (χ3n) is 9.46. The van der Waals surface area contributed by atoms with Crippen LogP contribution in [0.1, 0.15) is 72.6 Å². The van der Waals surface area contributed by atoms with Crippen LogP contribution in [0.25, 0.3) is 34.9 Å². The van der Waals surface area contributed by atoms with Crippen LogP contribution >= 0.6 is 0 Å². The summed E-state index contributed by atoms with van der Waals surface area (Å²) in [6.45, 7) is 14.1. The number of nitrogens with zero attached hydrogens (tertiary/aromatic N) is 4. The molecule has 218 valence electrons. The molecule has 43 heavy (non-hydrogen) atoms. The van der Waals surface area contributed by atoms with Crippen LogP contribution in [0.15, 0.2) is 34.7 Å². The first-order chi connectivity index (χ1) is 20.2. The van der Waals surface area contributed by atoms with Crippen LogP contribution in [-0.4, -0.2) is 60.3 Å². The van der Waals surface area contributed by atoms with Gasteiger partial charge in [-0.15, -0.1) is 33.9 Å². The molecule has 1 saturated carbocycles. The third-order valence-corrected chi connectivity index (χ3v) is 9.46. The molecular weight excluding hydrogens is 553 g/mol. The van der Waals surface area contributed by atoms with Gasteiger partial charge in [-0.1, -0.05) is 86.4 Å². The average molecular weight is 587 g/mol. The molecule has 5 heterocycles. The van der Waals surface area contributed by atoms with E-state index in [0.717, 1.165) is 40.4 Å². The number of ketones is 1. The van der Waals surface area contributed by atoms with E-state index in [1.54, 1.807) is 6.08 Å². The van der Waals surface area contributed by atoms with E-state index in [1.807, 2.05) is 32.9 Å². The van der Waals surface area contributed by atoms with Crippen molar-refractivity contribution in [2.24, 2.45) is 17.8 Å². The monoisotopic (exact) mass is 586 g/mol. The molecule has 8 nitrogen and oxygen atoms in total. The molecule has 0 radical (unpaired) electrons. The van der Waals surface area contributed by atoms with E-state index < -0.39 is 17.9 Å². The van der Waals surface area contributed by atoms with Gasteiger partial charge in [0.2, 0.25) is 0 Å². The molecule has 0 N–H and O–H groups in total. The maximum atomic E-state index is 13.9. The molecule has 8 bridgehead atoms. The Hall–Kier alpha value is -3.56. The van der Waals surface area contributed by atoms with Crippen molar-refractivity contribution in [2.45, 2.75) is 59.5 Å². The summed E-state index contributed by atoms with van der Waals surface area (Å²) in [6, 6.07) is -0.835. The van der Waals surface area contributed by atoms with E-state index in [1.165, 1.54) is 7.11 Å². The minimum atomic E-state index is -1.07. The van der Waals surface area contributed by atoms with Gasteiger partial charge in [0, 0.05) is 5.56 Å². The van der Waals surface area contributed by atoms with Gasteiger partial charge in [-0.25, -0.2) is 0 Å². The van der Waals surface area contributed by atoms with Crippen molar-refractivity contribution in [2.75, 3.05) is 7.11 Å². The number of methoxy groups -OCH3 is 1. The number of carbonyl (C=O) groups is 3. The summed E-state index contributed by atoms with van der Waals surface area (Å²) in [7, 11) is 1.31. The van der Waals surface area contributed by atoms with Gasteiger partial charge in [-0.05, 0) is 43.2 Å². The van der Waals surface area contributed by atoms with Gasteiger partial charge in [0.05, 0.1) is 7.11 Å². The van der Waals surface area contributed by atoms with Crippen LogP contribution in [0.3, 0.4) is 0 Å². The maximum Gasteiger partial charge on any atom is 2.00 e. The summed E-state index contributed by atoms with van der Waals surface area (Å²) in [6.07, 6.45) is 9.77. The Kier molecular flexibility index (Phi) is 8.26. The van der Waals surface area contributed by atoms with Crippen LogP contribution in [0, 0.1) is 24.7 Å². The minimum absolute atomic E-state index is 0. The quantitative estimate of drug-likeness (QED) is 0.229.